The lowest BCUT2D eigenvalue weighted by Crippen LogP contribution is -1.96. The Morgan fingerprint density at radius 2 is 2.00 bits per heavy atom. The first-order chi connectivity index (χ1) is 5.13. The molecule has 0 aromatic heterocycles. The fraction of sp³-hybridized carbons (Fsp3) is 0.333. The Morgan fingerprint density at radius 3 is 2.45 bits per heavy atom. The molecule has 0 saturated carbocycles. The maximum Gasteiger partial charge on any atom is 0.0493 e. The summed E-state index contributed by atoms with van der Waals surface area (Å²) >= 11 is 3.39. The Labute approximate surface area is 75.7 Å². The Balaban J connectivity index is 3.17. The quantitative estimate of drug-likeness (QED) is 0.714. The largest absolute Gasteiger partial charge is 0.398 e. The summed E-state index contributed by atoms with van der Waals surface area (Å²) in [6, 6.07) is 6.03. The van der Waals surface area contributed by atoms with Crippen molar-refractivity contribution in [1.82, 2.24) is 0 Å². The van der Waals surface area contributed by atoms with Crippen LogP contribution in [-0.2, 0) is 0 Å². The molecule has 2 heteroatoms. The molecule has 0 aliphatic heterocycles. The molecule has 1 rings (SSSR count). The smallest absolute Gasteiger partial charge is 0.0493 e. The number of halogens is 1. The number of nitrogens with two attached hydrogens (primary N) is 1. The molecule has 2 N–H and O–H groups in total. The summed E-state index contributed by atoms with van der Waals surface area (Å²) in [6.45, 7) is 4.27. The van der Waals surface area contributed by atoms with Crippen molar-refractivity contribution in [3.63, 3.8) is 0 Å². The molecule has 0 atom stereocenters. The van der Waals surface area contributed by atoms with E-state index in [0.717, 1.165) is 10.2 Å². The molecule has 0 fully saturated rings. The molecule has 0 amide bonds. The fourth-order valence-electron chi connectivity index (χ4n) is 1.06. The number of para-hydroxylation sites is 1. The van der Waals surface area contributed by atoms with Crippen LogP contribution in [0.2, 0.25) is 0 Å². The third kappa shape index (κ3) is 1.74. The summed E-state index contributed by atoms with van der Waals surface area (Å²) in [5, 5.41) is 0. The van der Waals surface area contributed by atoms with Crippen molar-refractivity contribution in [2.24, 2.45) is 0 Å². The molecule has 0 saturated heterocycles. The van der Waals surface area contributed by atoms with Gasteiger partial charge in [-0.15, -0.1) is 0 Å². The van der Waals surface area contributed by atoms with Gasteiger partial charge in [-0.1, -0.05) is 26.0 Å². The van der Waals surface area contributed by atoms with Crippen LogP contribution < -0.4 is 5.73 Å². The molecule has 0 aliphatic rings. The van der Waals surface area contributed by atoms with Crippen LogP contribution in [0.5, 0.6) is 0 Å². The lowest BCUT2D eigenvalue weighted by Gasteiger charge is -2.09. The number of nitrogen functional groups attached to an aromatic ring is 1. The van der Waals surface area contributed by atoms with Crippen LogP contribution in [0.1, 0.15) is 25.3 Å². The highest BCUT2D eigenvalue weighted by molar-refractivity contribution is 9.10. The van der Waals surface area contributed by atoms with E-state index in [0.29, 0.717) is 5.92 Å². The molecule has 1 nitrogen and oxygen atoms in total. The van der Waals surface area contributed by atoms with Crippen molar-refractivity contribution in [2.45, 2.75) is 19.8 Å². The Bertz CT molecular complexity index is 256. The number of anilines is 1. The maximum absolute atomic E-state index is 5.84. The Hall–Kier alpha value is -0.500. The first kappa shape index (κ1) is 8.60. The first-order valence-corrected chi connectivity index (χ1v) is 4.46. The predicted octanol–water partition coefficient (Wildman–Crippen LogP) is 3.15. The number of benzene rings is 1. The van der Waals surface area contributed by atoms with Gasteiger partial charge >= 0.3 is 0 Å². The molecular formula is C9H12BrN. The minimum atomic E-state index is 0.493. The zero-order valence-electron chi connectivity index (χ0n) is 6.76. The van der Waals surface area contributed by atoms with Gasteiger partial charge in [-0.2, -0.15) is 0 Å². The van der Waals surface area contributed by atoms with Crippen molar-refractivity contribution >= 4 is 21.6 Å². The molecule has 0 bridgehead atoms. The van der Waals surface area contributed by atoms with Crippen molar-refractivity contribution < 1.29 is 0 Å². The summed E-state index contributed by atoms with van der Waals surface area (Å²) in [6.07, 6.45) is 0. The van der Waals surface area contributed by atoms with E-state index in [1.54, 1.807) is 0 Å². The summed E-state index contributed by atoms with van der Waals surface area (Å²) in [5.41, 5.74) is 7.91. The average Bonchev–Trinajstić information content (AvgIpc) is 1.94. The SMILES string of the molecule is CC(C)c1cccc(Br)c1N. The fourth-order valence-corrected chi connectivity index (χ4v) is 1.44. The molecule has 11 heavy (non-hydrogen) atoms. The number of hydrogen-bond donors (Lipinski definition) is 1. The first-order valence-electron chi connectivity index (χ1n) is 3.67. The minimum Gasteiger partial charge on any atom is -0.398 e. The molecule has 1 aromatic carbocycles. The van der Waals surface area contributed by atoms with Gasteiger partial charge in [0.2, 0.25) is 0 Å². The zero-order chi connectivity index (χ0) is 8.43. The summed E-state index contributed by atoms with van der Waals surface area (Å²) in [7, 11) is 0. The van der Waals surface area contributed by atoms with Crippen LogP contribution in [0.15, 0.2) is 22.7 Å². The highest BCUT2D eigenvalue weighted by Crippen LogP contribution is 2.28. The summed E-state index contributed by atoms with van der Waals surface area (Å²) < 4.78 is 0.990. The molecule has 0 aliphatic carbocycles. The van der Waals surface area contributed by atoms with Crippen LogP contribution in [0.25, 0.3) is 0 Å². The second-order valence-corrected chi connectivity index (χ2v) is 3.75. The predicted molar refractivity (Wildman–Crippen MR) is 52.6 cm³/mol. The molecule has 0 radical (unpaired) electrons. The lowest BCUT2D eigenvalue weighted by molar-refractivity contribution is 0.869. The second kappa shape index (κ2) is 3.26. The van der Waals surface area contributed by atoms with Crippen molar-refractivity contribution in [2.75, 3.05) is 5.73 Å². The minimum absolute atomic E-state index is 0.493. The van der Waals surface area contributed by atoms with Gasteiger partial charge < -0.3 is 5.73 Å². The second-order valence-electron chi connectivity index (χ2n) is 2.90. The van der Waals surface area contributed by atoms with Crippen LogP contribution in [0, 0.1) is 0 Å². The average molecular weight is 214 g/mol. The van der Waals surface area contributed by atoms with Gasteiger partial charge in [0.1, 0.15) is 0 Å². The van der Waals surface area contributed by atoms with E-state index in [9.17, 15) is 0 Å². The molecule has 0 unspecified atom stereocenters. The number of hydrogen-bond acceptors (Lipinski definition) is 1. The van der Waals surface area contributed by atoms with E-state index in [-0.39, 0.29) is 0 Å². The van der Waals surface area contributed by atoms with Gasteiger partial charge in [-0.05, 0) is 33.5 Å². The Kier molecular flexibility index (Phi) is 2.55. The topological polar surface area (TPSA) is 26.0 Å². The van der Waals surface area contributed by atoms with Crippen LogP contribution in [0.3, 0.4) is 0 Å². The molecular weight excluding hydrogens is 202 g/mol. The maximum atomic E-state index is 5.84. The Morgan fingerprint density at radius 1 is 1.36 bits per heavy atom. The third-order valence-corrected chi connectivity index (χ3v) is 2.40. The molecule has 1 aromatic rings. The normalized spacial score (nSPS) is 10.5. The molecule has 60 valence electrons. The standard InChI is InChI=1S/C9H12BrN/c1-6(2)7-4-3-5-8(10)9(7)11/h3-6H,11H2,1-2H3. The van der Waals surface area contributed by atoms with Crippen LogP contribution in [-0.4, -0.2) is 0 Å². The van der Waals surface area contributed by atoms with E-state index >= 15 is 0 Å². The van der Waals surface area contributed by atoms with Crippen LogP contribution in [0.4, 0.5) is 5.69 Å². The van der Waals surface area contributed by atoms with Gasteiger partial charge in [0.25, 0.3) is 0 Å². The van der Waals surface area contributed by atoms with Gasteiger partial charge in [-0.3, -0.25) is 0 Å². The van der Waals surface area contributed by atoms with E-state index in [1.807, 2.05) is 12.1 Å². The molecule has 0 heterocycles. The summed E-state index contributed by atoms with van der Waals surface area (Å²) in [5.74, 6) is 0.493. The van der Waals surface area contributed by atoms with E-state index in [1.165, 1.54) is 5.56 Å². The van der Waals surface area contributed by atoms with Gasteiger partial charge in [0.05, 0.1) is 0 Å². The van der Waals surface area contributed by atoms with Gasteiger partial charge in [-0.25, -0.2) is 0 Å². The highest BCUT2D eigenvalue weighted by atomic mass is 79.9. The van der Waals surface area contributed by atoms with E-state index in [2.05, 4.69) is 35.8 Å². The summed E-state index contributed by atoms with van der Waals surface area (Å²) in [4.78, 5) is 0. The van der Waals surface area contributed by atoms with E-state index in [4.69, 9.17) is 5.73 Å². The van der Waals surface area contributed by atoms with Crippen molar-refractivity contribution in [3.05, 3.63) is 28.2 Å². The zero-order valence-corrected chi connectivity index (χ0v) is 8.35. The number of rotatable bonds is 1. The van der Waals surface area contributed by atoms with Gasteiger partial charge in [0.15, 0.2) is 0 Å². The highest BCUT2D eigenvalue weighted by Gasteiger charge is 2.04. The molecule has 0 spiro atoms. The monoisotopic (exact) mass is 213 g/mol. The van der Waals surface area contributed by atoms with Crippen molar-refractivity contribution in [3.8, 4) is 0 Å². The van der Waals surface area contributed by atoms with Gasteiger partial charge in [0, 0.05) is 10.2 Å². The van der Waals surface area contributed by atoms with E-state index < -0.39 is 0 Å². The van der Waals surface area contributed by atoms with Crippen LogP contribution >= 0.6 is 15.9 Å². The lowest BCUT2D eigenvalue weighted by atomic mass is 10.0. The third-order valence-electron chi connectivity index (χ3n) is 1.71. The van der Waals surface area contributed by atoms with Crippen molar-refractivity contribution in [1.29, 1.82) is 0 Å².